The molecule has 1 heteroatoms. The van der Waals surface area contributed by atoms with Crippen molar-refractivity contribution >= 4 is 0 Å². The van der Waals surface area contributed by atoms with Gasteiger partial charge in [0.1, 0.15) is 5.75 Å². The summed E-state index contributed by atoms with van der Waals surface area (Å²) >= 11 is 0. The fourth-order valence-electron chi connectivity index (χ4n) is 1.05. The van der Waals surface area contributed by atoms with E-state index >= 15 is 0 Å². The second-order valence-electron chi connectivity index (χ2n) is 2.55. The van der Waals surface area contributed by atoms with Crippen LogP contribution in [0.1, 0.15) is 19.4 Å². The van der Waals surface area contributed by atoms with Crippen LogP contribution in [0.25, 0.3) is 0 Å². The van der Waals surface area contributed by atoms with Gasteiger partial charge in [0.2, 0.25) is 0 Å². The van der Waals surface area contributed by atoms with Gasteiger partial charge in [-0.15, -0.1) is 0 Å². The molecule has 0 unspecified atom stereocenters. The quantitative estimate of drug-likeness (QED) is 0.620. The van der Waals surface area contributed by atoms with Crippen LogP contribution < -0.4 is 4.74 Å². The summed E-state index contributed by atoms with van der Waals surface area (Å²) in [5, 5.41) is 0. The first kappa shape index (κ1) is 8.85. The molecule has 0 aliphatic carbocycles. The minimum Gasteiger partial charge on any atom is -0.465 e. The van der Waals surface area contributed by atoms with Gasteiger partial charge in [0.25, 0.3) is 0 Å². The van der Waals surface area contributed by atoms with Gasteiger partial charge in [-0.05, 0) is 25.0 Å². The van der Waals surface area contributed by atoms with Crippen LogP contribution in [0, 0.1) is 0 Å². The molecule has 0 radical (unpaired) electrons. The summed E-state index contributed by atoms with van der Waals surface area (Å²) in [4.78, 5) is 0. The molecular weight excluding hydrogens is 148 g/mol. The number of hydrogen-bond acceptors (Lipinski definition) is 1. The van der Waals surface area contributed by atoms with E-state index in [1.54, 1.807) is 6.26 Å². The normalized spacial score (nSPS) is 10.5. The second-order valence-corrected chi connectivity index (χ2v) is 2.55. The number of allylic oxidation sites excluding steroid dienone is 1. The molecule has 1 aromatic rings. The monoisotopic (exact) mass is 162 g/mol. The Morgan fingerprint density at radius 2 is 2.08 bits per heavy atom. The van der Waals surface area contributed by atoms with Crippen LogP contribution >= 0.6 is 0 Å². The van der Waals surface area contributed by atoms with E-state index in [0.29, 0.717) is 0 Å². The van der Waals surface area contributed by atoms with Gasteiger partial charge in [0.05, 0.1) is 6.26 Å². The van der Waals surface area contributed by atoms with Gasteiger partial charge in [0, 0.05) is 0 Å². The van der Waals surface area contributed by atoms with Crippen LogP contribution in [0.2, 0.25) is 0 Å². The van der Waals surface area contributed by atoms with E-state index in [1.165, 1.54) is 5.56 Å². The molecule has 0 atom stereocenters. The third-order valence-corrected chi connectivity index (χ3v) is 1.68. The highest BCUT2D eigenvalue weighted by atomic mass is 16.5. The zero-order valence-corrected chi connectivity index (χ0v) is 7.58. The first-order chi connectivity index (χ1) is 5.88. The van der Waals surface area contributed by atoms with Crippen molar-refractivity contribution in [3.63, 3.8) is 0 Å². The highest BCUT2D eigenvalue weighted by molar-refractivity contribution is 5.33. The summed E-state index contributed by atoms with van der Waals surface area (Å²) in [5.41, 5.74) is 1.25. The Bertz CT molecular complexity index is 263. The maximum Gasteiger partial charge on any atom is 0.129 e. The molecule has 0 heterocycles. The van der Waals surface area contributed by atoms with Crippen LogP contribution in [0.5, 0.6) is 5.75 Å². The summed E-state index contributed by atoms with van der Waals surface area (Å²) < 4.78 is 5.40. The molecule has 0 saturated heterocycles. The SMILES string of the molecule is CC=COc1ccccc1CC. The zero-order valence-electron chi connectivity index (χ0n) is 7.58. The molecule has 0 aliphatic heterocycles. The van der Waals surface area contributed by atoms with Crippen LogP contribution in [0.15, 0.2) is 36.6 Å². The van der Waals surface area contributed by atoms with E-state index in [9.17, 15) is 0 Å². The Kier molecular flexibility index (Phi) is 3.39. The molecule has 0 fully saturated rings. The van der Waals surface area contributed by atoms with Crippen molar-refractivity contribution in [1.82, 2.24) is 0 Å². The van der Waals surface area contributed by atoms with Crippen LogP contribution in [0.4, 0.5) is 0 Å². The van der Waals surface area contributed by atoms with E-state index in [2.05, 4.69) is 13.0 Å². The summed E-state index contributed by atoms with van der Waals surface area (Å²) in [6.45, 7) is 4.06. The molecule has 1 rings (SSSR count). The fraction of sp³-hybridized carbons (Fsp3) is 0.273. The molecule has 0 aromatic heterocycles. The lowest BCUT2D eigenvalue weighted by molar-refractivity contribution is 0.474. The van der Waals surface area contributed by atoms with E-state index in [-0.39, 0.29) is 0 Å². The lowest BCUT2D eigenvalue weighted by Crippen LogP contribution is -1.87. The molecule has 1 nitrogen and oxygen atoms in total. The molecule has 12 heavy (non-hydrogen) atoms. The summed E-state index contributed by atoms with van der Waals surface area (Å²) in [7, 11) is 0. The maximum atomic E-state index is 5.40. The number of rotatable bonds is 3. The Morgan fingerprint density at radius 1 is 1.33 bits per heavy atom. The van der Waals surface area contributed by atoms with Crippen LogP contribution in [0.3, 0.4) is 0 Å². The average Bonchev–Trinajstić information content (AvgIpc) is 2.15. The van der Waals surface area contributed by atoms with Crippen molar-refractivity contribution in [3.05, 3.63) is 42.2 Å². The lowest BCUT2D eigenvalue weighted by atomic mass is 10.1. The molecule has 0 bridgehead atoms. The van der Waals surface area contributed by atoms with Gasteiger partial charge in [-0.3, -0.25) is 0 Å². The number of hydrogen-bond donors (Lipinski definition) is 0. The molecule has 64 valence electrons. The van der Waals surface area contributed by atoms with Gasteiger partial charge in [-0.25, -0.2) is 0 Å². The Hall–Kier alpha value is -1.24. The second kappa shape index (κ2) is 4.60. The number of aryl methyl sites for hydroxylation is 1. The minimum atomic E-state index is 0.957. The first-order valence-electron chi connectivity index (χ1n) is 4.24. The Labute approximate surface area is 73.7 Å². The van der Waals surface area contributed by atoms with Gasteiger partial charge >= 0.3 is 0 Å². The van der Waals surface area contributed by atoms with Crippen molar-refractivity contribution in [3.8, 4) is 5.75 Å². The van der Waals surface area contributed by atoms with Crippen LogP contribution in [-0.4, -0.2) is 0 Å². The van der Waals surface area contributed by atoms with Gasteiger partial charge in [-0.1, -0.05) is 31.2 Å². The predicted octanol–water partition coefficient (Wildman–Crippen LogP) is 3.16. The molecule has 0 aliphatic rings. The van der Waals surface area contributed by atoms with Gasteiger partial charge in [-0.2, -0.15) is 0 Å². The summed E-state index contributed by atoms with van der Waals surface area (Å²) in [6.07, 6.45) is 4.59. The topological polar surface area (TPSA) is 9.23 Å². The van der Waals surface area contributed by atoms with Crippen LogP contribution in [-0.2, 0) is 6.42 Å². The van der Waals surface area contributed by atoms with Crippen molar-refractivity contribution in [1.29, 1.82) is 0 Å². The highest BCUT2D eigenvalue weighted by Crippen LogP contribution is 2.18. The minimum absolute atomic E-state index is 0.957. The molecule has 0 amide bonds. The average molecular weight is 162 g/mol. The van der Waals surface area contributed by atoms with E-state index < -0.39 is 0 Å². The summed E-state index contributed by atoms with van der Waals surface area (Å²) in [5.74, 6) is 0.957. The molecule has 1 aromatic carbocycles. The van der Waals surface area contributed by atoms with E-state index in [1.807, 2.05) is 31.2 Å². The van der Waals surface area contributed by atoms with Gasteiger partial charge < -0.3 is 4.74 Å². The predicted molar refractivity (Wildman–Crippen MR) is 51.3 cm³/mol. The molecular formula is C11H14O. The van der Waals surface area contributed by atoms with E-state index in [0.717, 1.165) is 12.2 Å². The summed E-state index contributed by atoms with van der Waals surface area (Å²) in [6, 6.07) is 8.08. The molecule has 0 N–H and O–H groups in total. The lowest BCUT2D eigenvalue weighted by Gasteiger charge is -2.04. The van der Waals surface area contributed by atoms with Crippen molar-refractivity contribution in [2.45, 2.75) is 20.3 Å². The largest absolute Gasteiger partial charge is 0.465 e. The number of ether oxygens (including phenoxy) is 1. The zero-order chi connectivity index (χ0) is 8.81. The maximum absolute atomic E-state index is 5.40. The van der Waals surface area contributed by atoms with Crippen molar-refractivity contribution < 1.29 is 4.74 Å². The first-order valence-corrected chi connectivity index (χ1v) is 4.24. The number of para-hydroxylation sites is 1. The molecule has 0 saturated carbocycles. The standard InChI is InChI=1S/C11H14O/c1-3-9-12-11-8-6-5-7-10(11)4-2/h3,5-9H,4H2,1-2H3. The number of benzene rings is 1. The third kappa shape index (κ3) is 2.12. The Morgan fingerprint density at radius 3 is 2.75 bits per heavy atom. The Balaban J connectivity index is 2.81. The fourth-order valence-corrected chi connectivity index (χ4v) is 1.05. The third-order valence-electron chi connectivity index (χ3n) is 1.68. The smallest absolute Gasteiger partial charge is 0.129 e. The van der Waals surface area contributed by atoms with E-state index in [4.69, 9.17) is 4.74 Å². The van der Waals surface area contributed by atoms with Crippen molar-refractivity contribution in [2.24, 2.45) is 0 Å². The van der Waals surface area contributed by atoms with Gasteiger partial charge in [0.15, 0.2) is 0 Å². The highest BCUT2D eigenvalue weighted by Gasteiger charge is 1.96. The van der Waals surface area contributed by atoms with Crippen molar-refractivity contribution in [2.75, 3.05) is 0 Å². The molecule has 0 spiro atoms.